The lowest BCUT2D eigenvalue weighted by Crippen LogP contribution is -2.42. The van der Waals surface area contributed by atoms with Gasteiger partial charge in [0, 0.05) is 0 Å². The summed E-state index contributed by atoms with van der Waals surface area (Å²) in [6, 6.07) is 0. The second-order valence-corrected chi connectivity index (χ2v) is 5.22. The first-order valence-corrected chi connectivity index (χ1v) is 5.65. The molecule has 0 spiro atoms. The first-order valence-electron chi connectivity index (χ1n) is 5.65. The number of likely N-dealkylation sites (N-methyl/N-ethyl adjacent to an activating group) is 1. The molecule has 0 aromatic rings. The Bertz CT molecular complexity index is 331. The van der Waals surface area contributed by atoms with Crippen LogP contribution in [0.4, 0.5) is 0 Å². The predicted molar refractivity (Wildman–Crippen MR) is 67.1 cm³/mol. The number of aliphatic carboxylic acids is 3. The van der Waals surface area contributed by atoms with Crippen molar-refractivity contribution in [2.24, 2.45) is 0 Å². The van der Waals surface area contributed by atoms with Crippen molar-refractivity contribution >= 4 is 17.9 Å². The molecule has 118 valence electrons. The molecule has 0 saturated carbocycles. The summed E-state index contributed by atoms with van der Waals surface area (Å²) < 4.78 is 0.844. The monoisotopic (exact) mass is 296 g/mol. The van der Waals surface area contributed by atoms with Gasteiger partial charge in [-0.15, -0.1) is 0 Å². The summed E-state index contributed by atoms with van der Waals surface area (Å²) >= 11 is 0. The minimum absolute atomic E-state index is 0.281. The van der Waals surface area contributed by atoms with Crippen LogP contribution in [-0.2, 0) is 14.4 Å². The van der Waals surface area contributed by atoms with Crippen LogP contribution in [0.3, 0.4) is 0 Å². The first-order chi connectivity index (χ1) is 8.84. The highest BCUT2D eigenvalue weighted by molar-refractivity contribution is 5.88. The normalized spacial score (nSPS) is 11.2. The Morgan fingerprint density at radius 3 is 1.40 bits per heavy atom. The van der Waals surface area contributed by atoms with E-state index in [1.165, 1.54) is 0 Å². The highest BCUT2D eigenvalue weighted by atomic mass is 16.4. The van der Waals surface area contributed by atoms with Gasteiger partial charge in [-0.05, 0) is 0 Å². The minimum atomic E-state index is -2.74. The van der Waals surface area contributed by atoms with Gasteiger partial charge in [-0.1, -0.05) is 0 Å². The first kappa shape index (κ1) is 20.6. The number of hydrogen-bond acceptors (Lipinski definition) is 5. The van der Waals surface area contributed by atoms with Crippen molar-refractivity contribution in [3.05, 3.63) is 0 Å². The molecule has 0 saturated heterocycles. The van der Waals surface area contributed by atoms with Crippen molar-refractivity contribution in [3.8, 4) is 0 Å². The number of hydrogen-bond donors (Lipinski definition) is 5. The minimum Gasteiger partial charge on any atom is -0.481 e. The van der Waals surface area contributed by atoms with Crippen LogP contribution in [-0.4, -0.2) is 87.8 Å². The summed E-state index contributed by atoms with van der Waals surface area (Å²) in [6.45, 7) is 1.11. The molecule has 0 rings (SSSR count). The number of carbonyl (C=O) groups is 3. The van der Waals surface area contributed by atoms with E-state index < -0.39 is 36.4 Å². The van der Waals surface area contributed by atoms with E-state index in [-0.39, 0.29) is 6.61 Å². The topological polar surface area (TPSA) is 152 Å². The van der Waals surface area contributed by atoms with E-state index in [1.54, 1.807) is 0 Å². The van der Waals surface area contributed by atoms with Gasteiger partial charge in [-0.3, -0.25) is 9.59 Å². The Morgan fingerprint density at radius 2 is 1.30 bits per heavy atom. The standard InChI is InChI=1S/C6H8O7.C5H14NO/c7-3(8)1-6(13,5(11)12)2-4(9)10;1-6(2,3)4-5-7/h13H,1-2H2,(H,7,8)(H,9,10)(H,11,12);7H,4-5H2,1-3H3/q;+1. The fraction of sp³-hybridized carbons (Fsp3) is 0.727. The van der Waals surface area contributed by atoms with E-state index in [0.717, 1.165) is 11.0 Å². The van der Waals surface area contributed by atoms with Crippen LogP contribution in [0.1, 0.15) is 12.8 Å². The van der Waals surface area contributed by atoms with E-state index in [0.29, 0.717) is 0 Å². The molecule has 0 aliphatic heterocycles. The number of aliphatic hydroxyl groups excluding tert-OH is 1. The van der Waals surface area contributed by atoms with Crippen LogP contribution in [0.25, 0.3) is 0 Å². The Balaban J connectivity index is 0. The molecule has 9 heteroatoms. The number of rotatable bonds is 7. The zero-order valence-corrected chi connectivity index (χ0v) is 11.7. The number of carboxylic acid groups (broad SMARTS) is 3. The molecule has 0 radical (unpaired) electrons. The van der Waals surface area contributed by atoms with Gasteiger partial charge in [0.15, 0.2) is 5.60 Å². The molecule has 0 aromatic heterocycles. The second kappa shape index (κ2) is 8.46. The quantitative estimate of drug-likeness (QED) is 0.353. The zero-order valence-electron chi connectivity index (χ0n) is 11.7. The zero-order chi connectivity index (χ0) is 16.6. The van der Waals surface area contributed by atoms with Gasteiger partial charge in [0.1, 0.15) is 6.54 Å². The van der Waals surface area contributed by atoms with Crippen molar-refractivity contribution < 1.29 is 44.4 Å². The van der Waals surface area contributed by atoms with Crippen molar-refractivity contribution in [2.45, 2.75) is 18.4 Å². The molecule has 9 nitrogen and oxygen atoms in total. The van der Waals surface area contributed by atoms with Crippen molar-refractivity contribution in [1.29, 1.82) is 0 Å². The Hall–Kier alpha value is -1.71. The lowest BCUT2D eigenvalue weighted by molar-refractivity contribution is -0.870. The molecule has 0 amide bonds. The lowest BCUT2D eigenvalue weighted by atomic mass is 9.96. The molecular weight excluding hydrogens is 274 g/mol. The van der Waals surface area contributed by atoms with Crippen LogP contribution < -0.4 is 0 Å². The third-order valence-corrected chi connectivity index (χ3v) is 2.06. The fourth-order valence-electron chi connectivity index (χ4n) is 1.01. The molecule has 0 aliphatic carbocycles. The molecule has 0 aromatic carbocycles. The van der Waals surface area contributed by atoms with Crippen molar-refractivity contribution in [3.63, 3.8) is 0 Å². The number of nitrogens with zero attached hydrogens (tertiary/aromatic N) is 1. The van der Waals surface area contributed by atoms with Gasteiger partial charge in [-0.2, -0.15) is 0 Å². The van der Waals surface area contributed by atoms with Crippen LogP contribution in [0.5, 0.6) is 0 Å². The van der Waals surface area contributed by atoms with E-state index in [2.05, 4.69) is 21.1 Å². The second-order valence-electron chi connectivity index (χ2n) is 5.22. The Labute approximate surface area is 116 Å². The highest BCUT2D eigenvalue weighted by Crippen LogP contribution is 2.15. The van der Waals surface area contributed by atoms with E-state index in [9.17, 15) is 14.4 Å². The summed E-state index contributed by atoms with van der Waals surface area (Å²) in [5.74, 6) is -5.02. The third-order valence-electron chi connectivity index (χ3n) is 2.06. The molecule has 0 unspecified atom stereocenters. The summed E-state index contributed by atoms with van der Waals surface area (Å²) in [6.07, 6.45) is -2.29. The molecule has 0 aliphatic rings. The third kappa shape index (κ3) is 11.4. The molecule has 0 heterocycles. The van der Waals surface area contributed by atoms with Crippen LogP contribution in [0.15, 0.2) is 0 Å². The summed E-state index contributed by atoms with van der Waals surface area (Å²) in [5, 5.41) is 42.2. The average Bonchev–Trinajstić information content (AvgIpc) is 2.12. The number of aliphatic hydroxyl groups is 2. The van der Waals surface area contributed by atoms with Gasteiger partial charge < -0.3 is 30.0 Å². The molecule has 0 bridgehead atoms. The van der Waals surface area contributed by atoms with Crippen molar-refractivity contribution in [1.82, 2.24) is 0 Å². The fourth-order valence-corrected chi connectivity index (χ4v) is 1.01. The van der Waals surface area contributed by atoms with Crippen LogP contribution in [0, 0.1) is 0 Å². The smallest absolute Gasteiger partial charge is 0.336 e. The number of quaternary nitrogens is 1. The molecule has 5 N–H and O–H groups in total. The van der Waals surface area contributed by atoms with Gasteiger partial charge >= 0.3 is 17.9 Å². The SMILES string of the molecule is C[N+](C)(C)CCO.O=C(O)CC(O)(CC(=O)O)C(=O)O. The van der Waals surface area contributed by atoms with Crippen LogP contribution >= 0.6 is 0 Å². The Morgan fingerprint density at radius 1 is 0.950 bits per heavy atom. The molecule has 0 fully saturated rings. The molecule has 0 atom stereocenters. The lowest BCUT2D eigenvalue weighted by Gasteiger charge is -2.21. The van der Waals surface area contributed by atoms with E-state index >= 15 is 0 Å². The van der Waals surface area contributed by atoms with E-state index in [1.807, 2.05) is 0 Å². The highest BCUT2D eigenvalue weighted by Gasteiger charge is 2.40. The maximum atomic E-state index is 10.3. The maximum absolute atomic E-state index is 10.3. The summed E-state index contributed by atoms with van der Waals surface area (Å²) in [4.78, 5) is 30.5. The predicted octanol–water partition coefficient (Wildman–Crippen LogP) is -1.56. The molecule has 20 heavy (non-hydrogen) atoms. The maximum Gasteiger partial charge on any atom is 0.336 e. The average molecular weight is 296 g/mol. The summed E-state index contributed by atoms with van der Waals surface area (Å²) in [7, 11) is 6.16. The largest absolute Gasteiger partial charge is 0.481 e. The van der Waals surface area contributed by atoms with Gasteiger partial charge in [-0.25, -0.2) is 4.79 Å². The van der Waals surface area contributed by atoms with Gasteiger partial charge in [0.2, 0.25) is 0 Å². The van der Waals surface area contributed by atoms with Gasteiger partial charge in [0.25, 0.3) is 0 Å². The molecular formula is C11H22NO8+. The van der Waals surface area contributed by atoms with Gasteiger partial charge in [0.05, 0.1) is 40.6 Å². The summed E-state index contributed by atoms with van der Waals surface area (Å²) in [5.41, 5.74) is -2.74. The van der Waals surface area contributed by atoms with Crippen LogP contribution in [0.2, 0.25) is 0 Å². The van der Waals surface area contributed by atoms with Crippen molar-refractivity contribution in [2.75, 3.05) is 34.3 Å². The number of carboxylic acids is 3. The Kier molecular flexibility index (Phi) is 8.71. The van der Waals surface area contributed by atoms with E-state index in [4.69, 9.17) is 25.5 Å².